The van der Waals surface area contributed by atoms with Gasteiger partial charge in [-0.25, -0.2) is 0 Å². The van der Waals surface area contributed by atoms with Crippen LogP contribution < -0.4 is 5.32 Å². The first-order valence-corrected chi connectivity index (χ1v) is 7.56. The number of anilines is 1. The summed E-state index contributed by atoms with van der Waals surface area (Å²) in [5.41, 5.74) is 1.30. The molecule has 0 heterocycles. The molecule has 0 radical (unpaired) electrons. The molecule has 1 amide bonds. The number of carbonyl (C=O) groups excluding carboxylic acids is 1. The van der Waals surface area contributed by atoms with Crippen LogP contribution in [0, 0.1) is 0 Å². The maximum atomic E-state index is 12.4. The van der Waals surface area contributed by atoms with Crippen LogP contribution in [0.2, 0.25) is 5.02 Å². The first-order valence-electron chi connectivity index (χ1n) is 6.39. The lowest BCUT2D eigenvalue weighted by molar-refractivity contribution is 0.102. The zero-order valence-corrected chi connectivity index (χ0v) is 13.3. The molecule has 104 valence electrons. The smallest absolute Gasteiger partial charge is 0.255 e. The Labute approximate surface area is 135 Å². The normalized spacial score (nSPS) is 10.6. The van der Waals surface area contributed by atoms with Gasteiger partial charge in [0.25, 0.3) is 5.91 Å². The molecule has 21 heavy (non-hydrogen) atoms. The van der Waals surface area contributed by atoms with Gasteiger partial charge in [0.05, 0.1) is 0 Å². The van der Waals surface area contributed by atoms with Crippen LogP contribution in [-0.2, 0) is 0 Å². The lowest BCUT2D eigenvalue weighted by atomic mass is 10.1. The van der Waals surface area contributed by atoms with Gasteiger partial charge in [-0.05, 0) is 29.7 Å². The van der Waals surface area contributed by atoms with E-state index in [0.29, 0.717) is 10.6 Å². The summed E-state index contributed by atoms with van der Waals surface area (Å²) < 4.78 is 0.776. The molecule has 0 spiro atoms. The van der Waals surface area contributed by atoms with Gasteiger partial charge in [-0.15, -0.1) is 0 Å². The summed E-state index contributed by atoms with van der Waals surface area (Å²) >= 11 is 9.32. The molecule has 2 nitrogen and oxygen atoms in total. The Morgan fingerprint density at radius 3 is 2.57 bits per heavy atom. The van der Waals surface area contributed by atoms with E-state index in [4.69, 9.17) is 11.6 Å². The number of amides is 1. The molecule has 0 aromatic heterocycles. The largest absolute Gasteiger partial charge is 0.321 e. The lowest BCUT2D eigenvalue weighted by Crippen LogP contribution is -2.12. The fraction of sp³-hybridized carbons (Fsp3) is 0. The van der Waals surface area contributed by atoms with E-state index in [1.807, 2.05) is 42.5 Å². The summed E-state index contributed by atoms with van der Waals surface area (Å²) in [6.45, 7) is 0. The number of hydrogen-bond donors (Lipinski definition) is 1. The van der Waals surface area contributed by atoms with Gasteiger partial charge in [0.1, 0.15) is 0 Å². The minimum absolute atomic E-state index is 0.186. The summed E-state index contributed by atoms with van der Waals surface area (Å²) in [7, 11) is 0. The van der Waals surface area contributed by atoms with E-state index < -0.39 is 0 Å². The predicted octanol–water partition coefficient (Wildman–Crippen LogP) is 5.51. The van der Waals surface area contributed by atoms with Crippen LogP contribution in [-0.4, -0.2) is 5.91 Å². The second kappa shape index (κ2) is 5.88. The number of benzene rings is 3. The molecule has 0 aliphatic carbocycles. The fourth-order valence-electron chi connectivity index (χ4n) is 2.21. The van der Waals surface area contributed by atoms with Crippen molar-refractivity contribution < 1.29 is 4.79 Å². The van der Waals surface area contributed by atoms with Crippen LogP contribution in [0.4, 0.5) is 5.69 Å². The van der Waals surface area contributed by atoms with Crippen molar-refractivity contribution in [1.29, 1.82) is 0 Å². The van der Waals surface area contributed by atoms with E-state index in [9.17, 15) is 4.79 Å². The molecule has 3 rings (SSSR count). The Morgan fingerprint density at radius 2 is 1.76 bits per heavy atom. The highest BCUT2D eigenvalue weighted by Gasteiger charge is 2.09. The highest BCUT2D eigenvalue weighted by molar-refractivity contribution is 9.10. The van der Waals surface area contributed by atoms with Crippen molar-refractivity contribution in [3.05, 3.63) is 75.7 Å². The topological polar surface area (TPSA) is 29.1 Å². The molecule has 4 heteroatoms. The van der Waals surface area contributed by atoms with Crippen LogP contribution in [0.3, 0.4) is 0 Å². The highest BCUT2D eigenvalue weighted by atomic mass is 79.9. The summed E-state index contributed by atoms with van der Waals surface area (Å²) in [6.07, 6.45) is 0. The van der Waals surface area contributed by atoms with Crippen LogP contribution in [0.25, 0.3) is 10.8 Å². The molecule has 0 atom stereocenters. The van der Waals surface area contributed by atoms with Crippen molar-refractivity contribution in [2.45, 2.75) is 0 Å². The molecule has 0 bridgehead atoms. The monoisotopic (exact) mass is 359 g/mol. The third-order valence-corrected chi connectivity index (χ3v) is 3.84. The molecule has 0 fully saturated rings. The molecule has 3 aromatic carbocycles. The second-order valence-corrected chi connectivity index (χ2v) is 5.99. The van der Waals surface area contributed by atoms with Crippen molar-refractivity contribution in [2.75, 3.05) is 5.32 Å². The molecule has 3 aromatic rings. The number of halogens is 2. The quantitative estimate of drug-likeness (QED) is 0.641. The van der Waals surface area contributed by atoms with Gasteiger partial charge < -0.3 is 5.32 Å². The van der Waals surface area contributed by atoms with Gasteiger partial charge in [-0.1, -0.05) is 63.9 Å². The molecular weight excluding hydrogens is 350 g/mol. The Balaban J connectivity index is 1.96. The van der Waals surface area contributed by atoms with Crippen LogP contribution in [0.1, 0.15) is 10.4 Å². The van der Waals surface area contributed by atoms with Crippen molar-refractivity contribution in [3.8, 4) is 0 Å². The molecule has 0 aliphatic heterocycles. The van der Waals surface area contributed by atoms with E-state index in [1.54, 1.807) is 18.2 Å². The standard InChI is InChI=1S/C17H11BrClNO/c18-13-8-12(9-14(19)10-13)17(21)20-16-7-3-5-11-4-1-2-6-15(11)16/h1-10H,(H,20,21). The maximum Gasteiger partial charge on any atom is 0.255 e. The van der Waals surface area contributed by atoms with E-state index in [-0.39, 0.29) is 5.91 Å². The summed E-state index contributed by atoms with van der Waals surface area (Å²) in [5.74, 6) is -0.186. The van der Waals surface area contributed by atoms with Gasteiger partial charge >= 0.3 is 0 Å². The molecule has 1 N–H and O–H groups in total. The number of hydrogen-bond acceptors (Lipinski definition) is 1. The Bertz CT molecular complexity index is 806. The van der Waals surface area contributed by atoms with E-state index >= 15 is 0 Å². The van der Waals surface area contributed by atoms with Crippen molar-refractivity contribution >= 4 is 49.9 Å². The van der Waals surface area contributed by atoms with Gasteiger partial charge in [0.2, 0.25) is 0 Å². The summed E-state index contributed by atoms with van der Waals surface area (Å²) in [6, 6.07) is 18.9. The van der Waals surface area contributed by atoms with Crippen LogP contribution in [0.15, 0.2) is 65.1 Å². The number of nitrogens with one attached hydrogen (secondary N) is 1. The number of carbonyl (C=O) groups is 1. The molecule has 0 saturated carbocycles. The molecule has 0 unspecified atom stereocenters. The van der Waals surface area contributed by atoms with Crippen molar-refractivity contribution in [1.82, 2.24) is 0 Å². The van der Waals surface area contributed by atoms with Gasteiger partial charge in [0.15, 0.2) is 0 Å². The average Bonchev–Trinajstić information content (AvgIpc) is 2.46. The SMILES string of the molecule is O=C(Nc1cccc2ccccc12)c1cc(Cl)cc(Br)c1. The first kappa shape index (κ1) is 14.1. The Kier molecular flexibility index (Phi) is 3.95. The minimum atomic E-state index is -0.186. The Morgan fingerprint density at radius 1 is 1.00 bits per heavy atom. The minimum Gasteiger partial charge on any atom is -0.321 e. The Hall–Kier alpha value is -1.84. The van der Waals surface area contributed by atoms with Crippen molar-refractivity contribution in [2.24, 2.45) is 0 Å². The number of rotatable bonds is 2. The predicted molar refractivity (Wildman–Crippen MR) is 91.1 cm³/mol. The van der Waals surface area contributed by atoms with Gasteiger partial charge in [-0.3, -0.25) is 4.79 Å². The van der Waals surface area contributed by atoms with Crippen LogP contribution in [0.5, 0.6) is 0 Å². The zero-order chi connectivity index (χ0) is 14.8. The summed E-state index contributed by atoms with van der Waals surface area (Å²) in [4.78, 5) is 12.4. The molecule has 0 saturated heterocycles. The van der Waals surface area contributed by atoms with Gasteiger partial charge in [0, 0.05) is 26.1 Å². The second-order valence-electron chi connectivity index (χ2n) is 4.64. The highest BCUT2D eigenvalue weighted by Crippen LogP contribution is 2.25. The molecular formula is C17H11BrClNO. The maximum absolute atomic E-state index is 12.4. The fourth-order valence-corrected chi connectivity index (χ4v) is 3.07. The summed E-state index contributed by atoms with van der Waals surface area (Å²) in [5, 5.41) is 5.55. The van der Waals surface area contributed by atoms with Gasteiger partial charge in [-0.2, -0.15) is 0 Å². The zero-order valence-electron chi connectivity index (χ0n) is 10.9. The van der Waals surface area contributed by atoms with Crippen molar-refractivity contribution in [3.63, 3.8) is 0 Å². The third-order valence-electron chi connectivity index (χ3n) is 3.16. The lowest BCUT2D eigenvalue weighted by Gasteiger charge is -2.09. The van der Waals surface area contributed by atoms with E-state index in [1.165, 1.54) is 0 Å². The van der Waals surface area contributed by atoms with E-state index in [0.717, 1.165) is 20.9 Å². The van der Waals surface area contributed by atoms with Crippen LogP contribution >= 0.6 is 27.5 Å². The average molecular weight is 361 g/mol. The first-order chi connectivity index (χ1) is 10.1. The third kappa shape index (κ3) is 3.09. The number of fused-ring (bicyclic) bond motifs is 1. The van der Waals surface area contributed by atoms with E-state index in [2.05, 4.69) is 21.2 Å². The molecule has 0 aliphatic rings.